The van der Waals surface area contributed by atoms with Crippen LogP contribution in [0.1, 0.15) is 252 Å². The van der Waals surface area contributed by atoms with E-state index in [1.54, 1.807) is 0 Å². The summed E-state index contributed by atoms with van der Waals surface area (Å²) >= 11 is 0. The number of hydrogen-bond donors (Lipinski definition) is 3. The molecule has 1 saturated heterocycles. The number of aliphatic carboxylic acids is 1. The highest BCUT2D eigenvalue weighted by Gasteiger charge is 2.50. The third-order valence-electron chi connectivity index (χ3n) is 12.5. The fraction of sp³-hybridized carbons (Fsp3) is 0.855. The largest absolute Gasteiger partial charge is 0.479 e. The van der Waals surface area contributed by atoms with Crippen LogP contribution in [0.4, 0.5) is 0 Å². The van der Waals surface area contributed by atoms with E-state index in [0.717, 1.165) is 96.3 Å². The van der Waals surface area contributed by atoms with Crippen molar-refractivity contribution in [1.29, 1.82) is 0 Å². The smallest absolute Gasteiger partial charge is 0.335 e. The van der Waals surface area contributed by atoms with Gasteiger partial charge in [0.1, 0.15) is 18.8 Å². The molecular weight excluding hydrogens is 853 g/mol. The highest BCUT2D eigenvalue weighted by atomic mass is 16.7. The standard InChI is InChI=1S/C55H98O12/c1-4-7-10-13-16-19-22-24-27-29-32-35-38-41-47(56)63-44-46(65-48(57)42-39-36-33-31-28-25-23-20-17-14-11-8-5-2)45-64-55-53(51(60)50(59)52(67-55)54(61)62)66-49(58)43-40-37-34-30-26-21-18-15-12-9-6-3/h10,13,19,22,46,50-53,55,59-60H,4-9,11-12,14-18,20-21,23-45H2,1-3H3,(H,61,62)/b13-10-,22-19-. The molecule has 3 N–H and O–H groups in total. The molecule has 1 rings (SSSR count). The topological polar surface area (TPSA) is 175 Å². The van der Waals surface area contributed by atoms with Crippen molar-refractivity contribution in [2.45, 2.75) is 289 Å². The summed E-state index contributed by atoms with van der Waals surface area (Å²) in [5.74, 6) is -3.11. The lowest BCUT2D eigenvalue weighted by molar-refractivity contribution is -0.301. The molecule has 1 fully saturated rings. The number of hydrogen-bond acceptors (Lipinski definition) is 11. The zero-order valence-electron chi connectivity index (χ0n) is 42.7. The molecule has 1 aliphatic heterocycles. The Labute approximate surface area is 407 Å². The lowest BCUT2D eigenvalue weighted by Crippen LogP contribution is -2.61. The Morgan fingerprint density at radius 2 is 0.925 bits per heavy atom. The van der Waals surface area contributed by atoms with E-state index in [2.05, 4.69) is 45.1 Å². The number of ether oxygens (including phenoxy) is 5. The summed E-state index contributed by atoms with van der Waals surface area (Å²) in [6, 6.07) is 0. The monoisotopic (exact) mass is 951 g/mol. The molecule has 1 heterocycles. The first kappa shape index (κ1) is 62.2. The molecule has 0 spiro atoms. The van der Waals surface area contributed by atoms with Gasteiger partial charge >= 0.3 is 23.9 Å². The Morgan fingerprint density at radius 3 is 1.40 bits per heavy atom. The third-order valence-corrected chi connectivity index (χ3v) is 12.5. The first-order valence-corrected chi connectivity index (χ1v) is 27.3. The number of allylic oxidation sites excluding steroid dienone is 4. The minimum Gasteiger partial charge on any atom is -0.479 e. The maximum atomic E-state index is 13.1. The van der Waals surface area contributed by atoms with Gasteiger partial charge in [-0.25, -0.2) is 4.79 Å². The highest BCUT2D eigenvalue weighted by molar-refractivity contribution is 5.74. The van der Waals surface area contributed by atoms with Crippen LogP contribution < -0.4 is 0 Å². The van der Waals surface area contributed by atoms with Crippen LogP contribution in [-0.4, -0.2) is 89.2 Å². The van der Waals surface area contributed by atoms with Crippen LogP contribution in [0, 0.1) is 0 Å². The highest BCUT2D eigenvalue weighted by Crippen LogP contribution is 2.26. The molecule has 0 radical (unpaired) electrons. The molecule has 12 nitrogen and oxygen atoms in total. The van der Waals surface area contributed by atoms with Crippen LogP contribution in [0.2, 0.25) is 0 Å². The van der Waals surface area contributed by atoms with Crippen molar-refractivity contribution in [3.63, 3.8) is 0 Å². The van der Waals surface area contributed by atoms with Gasteiger partial charge in [0.15, 0.2) is 24.6 Å². The van der Waals surface area contributed by atoms with Gasteiger partial charge in [0, 0.05) is 19.3 Å². The zero-order chi connectivity index (χ0) is 49.0. The molecule has 0 amide bonds. The molecule has 1 aliphatic rings. The van der Waals surface area contributed by atoms with Gasteiger partial charge in [-0.1, -0.05) is 212 Å². The number of carboxylic acid groups (broad SMARTS) is 1. The number of aliphatic hydroxyl groups excluding tert-OH is 2. The Bertz CT molecular complexity index is 1270. The minimum atomic E-state index is -1.90. The normalized spacial score (nSPS) is 19.0. The maximum absolute atomic E-state index is 13.1. The summed E-state index contributed by atoms with van der Waals surface area (Å²) in [5, 5.41) is 31.3. The van der Waals surface area contributed by atoms with Crippen LogP contribution in [0.5, 0.6) is 0 Å². The van der Waals surface area contributed by atoms with E-state index in [1.165, 1.54) is 96.3 Å². The van der Waals surface area contributed by atoms with E-state index in [1.807, 2.05) is 0 Å². The second-order valence-corrected chi connectivity index (χ2v) is 18.9. The second kappa shape index (κ2) is 44.4. The summed E-state index contributed by atoms with van der Waals surface area (Å²) < 4.78 is 28.3. The van der Waals surface area contributed by atoms with Crippen molar-refractivity contribution in [3.8, 4) is 0 Å². The average molecular weight is 951 g/mol. The average Bonchev–Trinajstić information content (AvgIpc) is 3.31. The summed E-state index contributed by atoms with van der Waals surface area (Å²) in [4.78, 5) is 50.8. The maximum Gasteiger partial charge on any atom is 0.335 e. The first-order valence-electron chi connectivity index (χ1n) is 27.3. The van der Waals surface area contributed by atoms with E-state index >= 15 is 0 Å². The van der Waals surface area contributed by atoms with Crippen LogP contribution in [0.15, 0.2) is 24.3 Å². The van der Waals surface area contributed by atoms with E-state index in [-0.39, 0.29) is 25.9 Å². The van der Waals surface area contributed by atoms with Gasteiger partial charge in [-0.05, 0) is 44.9 Å². The van der Waals surface area contributed by atoms with Gasteiger partial charge in [0.05, 0.1) is 6.61 Å². The van der Waals surface area contributed by atoms with Crippen molar-refractivity contribution >= 4 is 23.9 Å². The van der Waals surface area contributed by atoms with Crippen LogP contribution >= 0.6 is 0 Å². The molecule has 0 aromatic heterocycles. The van der Waals surface area contributed by atoms with Gasteiger partial charge in [-0.15, -0.1) is 0 Å². The molecule has 0 aromatic rings. The quantitative estimate of drug-likeness (QED) is 0.0228. The number of carbonyl (C=O) groups excluding carboxylic acids is 3. The third kappa shape index (κ3) is 35.0. The molecule has 0 saturated carbocycles. The Morgan fingerprint density at radius 1 is 0.493 bits per heavy atom. The van der Waals surface area contributed by atoms with Gasteiger partial charge < -0.3 is 39.0 Å². The Balaban J connectivity index is 2.72. The Kier molecular flexibility index (Phi) is 41.2. The molecule has 6 unspecified atom stereocenters. The summed E-state index contributed by atoms with van der Waals surface area (Å²) in [6.45, 7) is 5.90. The number of carboxylic acids is 1. The molecule has 0 bridgehead atoms. The Hall–Kier alpha value is -2.80. The molecule has 6 atom stereocenters. The van der Waals surface area contributed by atoms with Gasteiger partial charge in [0.25, 0.3) is 0 Å². The van der Waals surface area contributed by atoms with Crippen molar-refractivity contribution in [2.24, 2.45) is 0 Å². The predicted octanol–water partition coefficient (Wildman–Crippen LogP) is 13.1. The van der Waals surface area contributed by atoms with Gasteiger partial charge in [-0.3, -0.25) is 14.4 Å². The lowest BCUT2D eigenvalue weighted by atomic mass is 9.98. The molecule has 12 heteroatoms. The van der Waals surface area contributed by atoms with Crippen molar-refractivity contribution in [3.05, 3.63) is 24.3 Å². The zero-order valence-corrected chi connectivity index (χ0v) is 42.7. The number of rotatable bonds is 46. The van der Waals surface area contributed by atoms with Crippen molar-refractivity contribution in [2.75, 3.05) is 13.2 Å². The molecule has 67 heavy (non-hydrogen) atoms. The summed E-state index contributed by atoms with van der Waals surface area (Å²) in [5.41, 5.74) is 0. The van der Waals surface area contributed by atoms with E-state index in [0.29, 0.717) is 19.3 Å². The number of carbonyl (C=O) groups is 4. The molecule has 390 valence electrons. The number of esters is 3. The fourth-order valence-corrected chi connectivity index (χ4v) is 8.29. The van der Waals surface area contributed by atoms with Crippen LogP contribution in [-0.2, 0) is 42.9 Å². The van der Waals surface area contributed by atoms with Crippen molar-refractivity contribution < 1.29 is 58.2 Å². The second-order valence-electron chi connectivity index (χ2n) is 18.9. The SMILES string of the molecule is CCC/C=C\C/C=C\CCCCCCCC(=O)OCC(COC1OC(C(=O)O)C(O)C(O)C1OC(=O)CCCCCCCCCCCCC)OC(=O)CCCCCCCCCCCCCCC. The molecular formula is C55H98O12. The summed E-state index contributed by atoms with van der Waals surface area (Å²) in [7, 11) is 0. The molecule has 0 aliphatic carbocycles. The number of unbranched alkanes of at least 4 members (excludes halogenated alkanes) is 28. The van der Waals surface area contributed by atoms with E-state index in [4.69, 9.17) is 23.7 Å². The predicted molar refractivity (Wildman–Crippen MR) is 266 cm³/mol. The minimum absolute atomic E-state index is 0.0649. The lowest BCUT2D eigenvalue weighted by Gasteiger charge is -2.40. The van der Waals surface area contributed by atoms with Crippen LogP contribution in [0.3, 0.4) is 0 Å². The van der Waals surface area contributed by atoms with Gasteiger partial charge in [-0.2, -0.15) is 0 Å². The first-order chi connectivity index (χ1) is 32.6. The number of aliphatic hydroxyl groups is 2. The van der Waals surface area contributed by atoms with Crippen LogP contribution in [0.25, 0.3) is 0 Å². The summed E-state index contributed by atoms with van der Waals surface area (Å²) in [6.07, 6.45) is 35.9. The van der Waals surface area contributed by atoms with E-state index < -0.39 is 67.3 Å². The fourth-order valence-electron chi connectivity index (χ4n) is 8.29. The van der Waals surface area contributed by atoms with E-state index in [9.17, 15) is 34.5 Å². The molecule has 0 aromatic carbocycles. The van der Waals surface area contributed by atoms with Gasteiger partial charge in [0.2, 0.25) is 0 Å². The van der Waals surface area contributed by atoms with Crippen molar-refractivity contribution in [1.82, 2.24) is 0 Å².